The van der Waals surface area contributed by atoms with E-state index in [0.717, 1.165) is 61.9 Å². The minimum atomic E-state index is 0.461. The smallest absolute Gasteiger partial charge is 0.229 e. The molecule has 32 heavy (non-hydrogen) atoms. The van der Waals surface area contributed by atoms with Crippen LogP contribution in [0.5, 0.6) is 0 Å². The van der Waals surface area contributed by atoms with Crippen molar-refractivity contribution >= 4 is 34.9 Å². The first-order valence-corrected chi connectivity index (χ1v) is 11.4. The van der Waals surface area contributed by atoms with Crippen LogP contribution in [0.2, 0.25) is 0 Å². The molecule has 0 atom stereocenters. The van der Waals surface area contributed by atoms with Crippen LogP contribution in [0.15, 0.2) is 29.3 Å². The number of ether oxygens (including phenoxy) is 1. The molecule has 0 bridgehead atoms. The fourth-order valence-electron chi connectivity index (χ4n) is 3.44. The molecule has 1 aromatic carbocycles. The number of morpholine rings is 1. The van der Waals surface area contributed by atoms with E-state index in [1.165, 1.54) is 5.56 Å². The Balaban J connectivity index is 1.65. The molecule has 1 aromatic heterocycles. The minimum Gasteiger partial charge on any atom is -0.379 e. The Bertz CT molecular complexity index is 937. The van der Waals surface area contributed by atoms with Gasteiger partial charge in [0, 0.05) is 43.3 Å². The van der Waals surface area contributed by atoms with Crippen molar-refractivity contribution < 1.29 is 4.74 Å². The molecule has 1 aliphatic heterocycles. The molecule has 1 fully saturated rings. The van der Waals surface area contributed by atoms with E-state index in [1.807, 2.05) is 26.8 Å². The Labute approximate surface area is 195 Å². The second-order valence-electron chi connectivity index (χ2n) is 8.03. The second kappa shape index (κ2) is 11.8. The summed E-state index contributed by atoms with van der Waals surface area (Å²) in [5, 5.41) is 10.1. The third-order valence-corrected chi connectivity index (χ3v) is 5.30. The molecule has 3 N–H and O–H groups in total. The zero-order valence-electron chi connectivity index (χ0n) is 19.4. The minimum absolute atomic E-state index is 0.461. The average Bonchev–Trinajstić information content (AvgIpc) is 2.74. The van der Waals surface area contributed by atoms with E-state index >= 15 is 0 Å². The molecule has 8 nitrogen and oxygen atoms in total. The van der Waals surface area contributed by atoms with Crippen LogP contribution in [0.3, 0.4) is 0 Å². The van der Waals surface area contributed by atoms with Gasteiger partial charge in [0.25, 0.3) is 0 Å². The number of thiocarbonyl (C=S) groups is 1. The lowest BCUT2D eigenvalue weighted by Crippen LogP contribution is -2.40. The van der Waals surface area contributed by atoms with Crippen LogP contribution < -0.4 is 16.0 Å². The zero-order valence-corrected chi connectivity index (χ0v) is 20.2. The fraction of sp³-hybridized carbons (Fsp3) is 0.478. The first-order valence-electron chi connectivity index (χ1n) is 11.0. The van der Waals surface area contributed by atoms with E-state index in [-0.39, 0.29) is 0 Å². The molecule has 1 saturated heterocycles. The lowest BCUT2D eigenvalue weighted by atomic mass is 10.1. The molecule has 2 aromatic rings. The van der Waals surface area contributed by atoms with Gasteiger partial charge in [-0.25, -0.2) is 9.97 Å². The maximum atomic E-state index is 5.56. The highest BCUT2D eigenvalue weighted by molar-refractivity contribution is 7.80. The summed E-state index contributed by atoms with van der Waals surface area (Å²) in [6, 6.07) is 8.16. The van der Waals surface area contributed by atoms with Crippen LogP contribution in [0.25, 0.3) is 0 Å². The van der Waals surface area contributed by atoms with Gasteiger partial charge >= 0.3 is 0 Å². The SMILES string of the molecule is Cc1ccc(C)c(NC(=S)NC(=NCCCN2CCOCC2)Nc2nc(C)cc(C)n2)c1. The monoisotopic (exact) mass is 455 g/mol. The average molecular weight is 456 g/mol. The van der Waals surface area contributed by atoms with Crippen molar-refractivity contribution in [3.8, 4) is 0 Å². The largest absolute Gasteiger partial charge is 0.379 e. The van der Waals surface area contributed by atoms with Crippen molar-refractivity contribution in [3.05, 3.63) is 46.8 Å². The van der Waals surface area contributed by atoms with Crippen molar-refractivity contribution in [2.75, 3.05) is 50.0 Å². The van der Waals surface area contributed by atoms with Gasteiger partial charge in [0.1, 0.15) is 0 Å². The topological polar surface area (TPSA) is 86.7 Å². The molecule has 0 unspecified atom stereocenters. The van der Waals surface area contributed by atoms with E-state index < -0.39 is 0 Å². The van der Waals surface area contributed by atoms with Gasteiger partial charge in [-0.05, 0) is 69.6 Å². The van der Waals surface area contributed by atoms with Gasteiger partial charge in [-0.1, -0.05) is 12.1 Å². The molecule has 172 valence electrons. The molecule has 9 heteroatoms. The summed E-state index contributed by atoms with van der Waals surface area (Å²) in [5.74, 6) is 1.02. The summed E-state index contributed by atoms with van der Waals surface area (Å²) in [4.78, 5) is 16.0. The summed E-state index contributed by atoms with van der Waals surface area (Å²) >= 11 is 5.56. The molecular formula is C23H33N7OS. The normalized spacial score (nSPS) is 14.8. The van der Waals surface area contributed by atoms with Gasteiger partial charge in [0.2, 0.25) is 11.9 Å². The lowest BCUT2D eigenvalue weighted by molar-refractivity contribution is 0.0377. The maximum Gasteiger partial charge on any atom is 0.229 e. The van der Waals surface area contributed by atoms with Crippen molar-refractivity contribution in [1.82, 2.24) is 20.2 Å². The number of anilines is 2. The van der Waals surface area contributed by atoms with Gasteiger partial charge in [-0.2, -0.15) is 0 Å². The Hall–Kier alpha value is -2.62. The predicted molar refractivity (Wildman–Crippen MR) is 135 cm³/mol. The number of aliphatic imine (C=N–C) groups is 1. The van der Waals surface area contributed by atoms with Crippen LogP contribution in [-0.2, 0) is 4.74 Å². The highest BCUT2D eigenvalue weighted by Crippen LogP contribution is 2.16. The van der Waals surface area contributed by atoms with Crippen LogP contribution >= 0.6 is 12.2 Å². The van der Waals surface area contributed by atoms with Crippen molar-refractivity contribution in [2.24, 2.45) is 4.99 Å². The van der Waals surface area contributed by atoms with E-state index in [1.54, 1.807) is 0 Å². The van der Waals surface area contributed by atoms with Gasteiger partial charge in [-0.15, -0.1) is 0 Å². The van der Waals surface area contributed by atoms with E-state index in [2.05, 4.69) is 55.9 Å². The molecule has 0 amide bonds. The number of aromatic nitrogens is 2. The third kappa shape index (κ3) is 7.81. The summed E-state index contributed by atoms with van der Waals surface area (Å²) in [6.07, 6.45) is 0.942. The van der Waals surface area contributed by atoms with Gasteiger partial charge < -0.3 is 15.4 Å². The summed E-state index contributed by atoms with van der Waals surface area (Å²) in [7, 11) is 0. The highest BCUT2D eigenvalue weighted by Gasteiger charge is 2.11. The summed E-state index contributed by atoms with van der Waals surface area (Å²) < 4.78 is 5.41. The Morgan fingerprint density at radius 3 is 2.50 bits per heavy atom. The van der Waals surface area contributed by atoms with Crippen LogP contribution in [0, 0.1) is 27.7 Å². The summed E-state index contributed by atoms with van der Waals surface area (Å²) in [5.41, 5.74) is 5.04. The maximum absolute atomic E-state index is 5.56. The van der Waals surface area contributed by atoms with E-state index in [9.17, 15) is 0 Å². The van der Waals surface area contributed by atoms with Crippen molar-refractivity contribution in [2.45, 2.75) is 34.1 Å². The van der Waals surface area contributed by atoms with Crippen molar-refractivity contribution in [3.63, 3.8) is 0 Å². The molecule has 0 saturated carbocycles. The second-order valence-corrected chi connectivity index (χ2v) is 8.44. The highest BCUT2D eigenvalue weighted by atomic mass is 32.1. The van der Waals surface area contributed by atoms with Crippen molar-refractivity contribution in [1.29, 1.82) is 0 Å². The molecule has 0 spiro atoms. The fourth-order valence-corrected chi connectivity index (χ4v) is 3.65. The first kappa shape index (κ1) is 24.0. The number of nitrogens with one attached hydrogen (secondary N) is 3. The number of benzene rings is 1. The number of nitrogens with zero attached hydrogens (tertiary/aromatic N) is 4. The van der Waals surface area contributed by atoms with Crippen LogP contribution in [-0.4, -0.2) is 65.3 Å². The number of guanidine groups is 1. The Morgan fingerprint density at radius 1 is 1.06 bits per heavy atom. The van der Waals surface area contributed by atoms with Crippen LogP contribution in [0.1, 0.15) is 28.9 Å². The third-order valence-electron chi connectivity index (χ3n) is 5.09. The lowest BCUT2D eigenvalue weighted by Gasteiger charge is -2.26. The summed E-state index contributed by atoms with van der Waals surface area (Å²) in [6.45, 7) is 13.2. The molecule has 3 rings (SSSR count). The number of hydrogen-bond acceptors (Lipinski definition) is 6. The van der Waals surface area contributed by atoms with Gasteiger partial charge in [0.15, 0.2) is 5.11 Å². The predicted octanol–water partition coefficient (Wildman–Crippen LogP) is 3.19. The number of hydrogen-bond donors (Lipinski definition) is 3. The Morgan fingerprint density at radius 2 is 1.78 bits per heavy atom. The zero-order chi connectivity index (χ0) is 22.9. The first-order chi connectivity index (χ1) is 15.4. The molecule has 1 aliphatic rings. The molecule has 0 radical (unpaired) electrons. The van der Waals surface area contributed by atoms with Crippen LogP contribution in [0.4, 0.5) is 11.6 Å². The van der Waals surface area contributed by atoms with E-state index in [0.29, 0.717) is 23.6 Å². The molecular weight excluding hydrogens is 422 g/mol. The number of rotatable bonds is 6. The van der Waals surface area contributed by atoms with Gasteiger partial charge in [-0.3, -0.25) is 15.2 Å². The molecule has 2 heterocycles. The molecule has 0 aliphatic carbocycles. The quantitative estimate of drug-likeness (QED) is 0.265. The van der Waals surface area contributed by atoms with E-state index in [4.69, 9.17) is 21.9 Å². The Kier molecular flexibility index (Phi) is 8.90. The standard InChI is InChI=1S/C23H33N7OS/c1-16-6-7-17(2)20(14-16)27-23(32)29-21(28-22-25-18(3)15-19(4)26-22)24-8-5-9-30-10-12-31-13-11-30/h6-7,14-15H,5,8-13H2,1-4H3,(H3,24,25,26,27,28,29,32). The number of aryl methyl sites for hydroxylation is 4. The van der Waals surface area contributed by atoms with Gasteiger partial charge in [0.05, 0.1) is 13.2 Å².